The quantitative estimate of drug-likeness (QED) is 0.270. The van der Waals surface area contributed by atoms with Crippen LogP contribution in [0.1, 0.15) is 63.2 Å². The number of anilines is 1. The summed E-state index contributed by atoms with van der Waals surface area (Å²) in [6.07, 6.45) is 2.02. The van der Waals surface area contributed by atoms with E-state index in [0.717, 1.165) is 45.9 Å². The number of carbonyl (C=O) groups excluding carboxylic acids is 3. The fraction of sp³-hybridized carbons (Fsp3) is 0.276. The van der Waals surface area contributed by atoms with Gasteiger partial charge in [-0.05, 0) is 73.4 Å². The first kappa shape index (κ1) is 22.8. The molecule has 35 heavy (non-hydrogen) atoms. The zero-order valence-corrected chi connectivity index (χ0v) is 20.2. The zero-order chi connectivity index (χ0) is 24.7. The van der Waals surface area contributed by atoms with Gasteiger partial charge in [-0.25, -0.2) is 0 Å². The zero-order valence-electron chi connectivity index (χ0n) is 20.2. The topological polar surface area (TPSA) is 66.9 Å². The third kappa shape index (κ3) is 3.89. The second-order valence-electron chi connectivity index (χ2n) is 9.24. The number of rotatable bonds is 7. The molecule has 6 heteroatoms. The molecular weight excluding hydrogens is 440 g/mol. The second-order valence-corrected chi connectivity index (χ2v) is 9.24. The van der Waals surface area contributed by atoms with Crippen LogP contribution < -0.4 is 9.64 Å². The minimum Gasteiger partial charge on any atom is -0.494 e. The van der Waals surface area contributed by atoms with Crippen LogP contribution in [0, 0.1) is 13.8 Å². The Morgan fingerprint density at radius 3 is 1.94 bits per heavy atom. The number of amides is 3. The predicted octanol–water partition coefficient (Wildman–Crippen LogP) is 5.24. The second kappa shape index (κ2) is 9.02. The van der Waals surface area contributed by atoms with Crippen molar-refractivity contribution in [3.63, 3.8) is 0 Å². The summed E-state index contributed by atoms with van der Waals surface area (Å²) in [5.74, 6) is -0.358. The number of carbonyl (C=O) groups is 3. The molecule has 0 radical (unpaired) electrons. The van der Waals surface area contributed by atoms with E-state index in [-0.39, 0.29) is 5.91 Å². The lowest BCUT2D eigenvalue weighted by atomic mass is 9.86. The number of hydrogen-bond donors (Lipinski definition) is 0. The van der Waals surface area contributed by atoms with Crippen molar-refractivity contribution in [2.75, 3.05) is 11.5 Å². The summed E-state index contributed by atoms with van der Waals surface area (Å²) in [5.41, 5.74) is 4.36. The van der Waals surface area contributed by atoms with E-state index in [9.17, 15) is 14.4 Å². The maximum atomic E-state index is 13.6. The van der Waals surface area contributed by atoms with Gasteiger partial charge < -0.3 is 9.64 Å². The van der Waals surface area contributed by atoms with E-state index in [1.807, 2.05) is 56.3 Å². The van der Waals surface area contributed by atoms with E-state index in [1.54, 1.807) is 29.2 Å². The van der Waals surface area contributed by atoms with Crippen LogP contribution in [0.15, 0.2) is 66.7 Å². The summed E-state index contributed by atoms with van der Waals surface area (Å²) in [4.78, 5) is 42.9. The highest BCUT2D eigenvalue weighted by molar-refractivity contribution is 6.24. The van der Waals surface area contributed by atoms with Gasteiger partial charge in [0.05, 0.1) is 23.8 Å². The van der Waals surface area contributed by atoms with Gasteiger partial charge in [0.1, 0.15) is 11.8 Å². The Morgan fingerprint density at radius 1 is 0.771 bits per heavy atom. The first-order valence-electron chi connectivity index (χ1n) is 12.0. The molecule has 3 aromatic carbocycles. The molecule has 2 atom stereocenters. The molecule has 3 aromatic rings. The van der Waals surface area contributed by atoms with Crippen molar-refractivity contribution in [1.29, 1.82) is 0 Å². The van der Waals surface area contributed by atoms with Crippen LogP contribution in [0.25, 0.3) is 0 Å². The number of imide groups is 1. The van der Waals surface area contributed by atoms with Crippen LogP contribution in [0.4, 0.5) is 5.69 Å². The van der Waals surface area contributed by atoms with Gasteiger partial charge in [-0.2, -0.15) is 0 Å². The highest BCUT2D eigenvalue weighted by Gasteiger charge is 2.57. The predicted molar refractivity (Wildman–Crippen MR) is 134 cm³/mol. The summed E-state index contributed by atoms with van der Waals surface area (Å²) < 4.78 is 5.80. The molecule has 3 amide bonds. The third-order valence-corrected chi connectivity index (χ3v) is 6.64. The highest BCUT2D eigenvalue weighted by Crippen LogP contribution is 2.44. The van der Waals surface area contributed by atoms with Gasteiger partial charge in [-0.1, -0.05) is 43.7 Å². The number of nitrogens with zero attached hydrogens (tertiary/aromatic N) is 2. The Bertz CT molecular complexity index is 1260. The molecule has 0 N–H and O–H groups in total. The summed E-state index contributed by atoms with van der Waals surface area (Å²) >= 11 is 0. The fourth-order valence-corrected chi connectivity index (χ4v) is 4.99. The number of aryl methyl sites for hydroxylation is 2. The number of benzene rings is 3. The maximum Gasteiger partial charge on any atom is 0.262 e. The standard InChI is InChI=1S/C29H28N2O4/c1-4-5-14-35-22-12-10-20(11-13-22)25-26(29(34)30(25)21-16-18(2)15-19(3)17-21)31-27(32)23-8-6-7-9-24(23)28(31)33/h6-13,15-17,25-26H,4-5,14H2,1-3H3/t25-,26-/m1/s1. The summed E-state index contributed by atoms with van der Waals surface area (Å²) in [6.45, 7) is 6.73. The third-order valence-electron chi connectivity index (χ3n) is 6.64. The monoisotopic (exact) mass is 468 g/mol. The van der Waals surface area contributed by atoms with Crippen molar-refractivity contribution < 1.29 is 19.1 Å². The van der Waals surface area contributed by atoms with Gasteiger partial charge in [-0.3, -0.25) is 19.3 Å². The van der Waals surface area contributed by atoms with Crippen LogP contribution in [-0.4, -0.2) is 35.3 Å². The SMILES string of the molecule is CCCCOc1ccc([C@@H]2[C@@H](N3C(=O)c4ccccc4C3=O)C(=O)N2c2cc(C)cc(C)c2)cc1. The minimum atomic E-state index is -0.907. The Balaban J connectivity index is 1.53. The Hall–Kier alpha value is -3.93. The Kier molecular flexibility index (Phi) is 5.89. The molecule has 0 spiro atoms. The van der Waals surface area contributed by atoms with Crippen molar-refractivity contribution in [2.45, 2.75) is 45.7 Å². The normalized spacial score (nSPS) is 19.1. The minimum absolute atomic E-state index is 0.266. The number of fused-ring (bicyclic) bond motifs is 1. The van der Waals surface area contributed by atoms with Crippen LogP contribution in [0.5, 0.6) is 5.75 Å². The summed E-state index contributed by atoms with van der Waals surface area (Å²) in [6, 6.07) is 18.9. The van der Waals surface area contributed by atoms with Crippen molar-refractivity contribution in [3.8, 4) is 5.75 Å². The average molecular weight is 469 g/mol. The smallest absolute Gasteiger partial charge is 0.262 e. The average Bonchev–Trinajstić information content (AvgIpc) is 3.08. The van der Waals surface area contributed by atoms with Gasteiger partial charge in [-0.15, -0.1) is 0 Å². The van der Waals surface area contributed by atoms with Crippen molar-refractivity contribution in [3.05, 3.63) is 94.5 Å². The van der Waals surface area contributed by atoms with E-state index in [0.29, 0.717) is 17.7 Å². The first-order chi connectivity index (χ1) is 16.9. The van der Waals surface area contributed by atoms with Crippen LogP contribution >= 0.6 is 0 Å². The molecule has 2 aliphatic heterocycles. The maximum absolute atomic E-state index is 13.6. The molecule has 5 rings (SSSR count). The first-order valence-corrected chi connectivity index (χ1v) is 12.0. The molecule has 1 saturated heterocycles. The largest absolute Gasteiger partial charge is 0.494 e. The molecule has 0 aliphatic carbocycles. The summed E-state index contributed by atoms with van der Waals surface area (Å²) in [7, 11) is 0. The van der Waals surface area contributed by atoms with Crippen molar-refractivity contribution in [1.82, 2.24) is 4.90 Å². The lowest BCUT2D eigenvalue weighted by Gasteiger charge is -2.50. The number of ether oxygens (including phenoxy) is 1. The molecule has 1 fully saturated rings. The summed E-state index contributed by atoms with van der Waals surface area (Å²) in [5, 5.41) is 0. The number of unbranched alkanes of at least 4 members (excludes halogenated alkanes) is 1. The van der Waals surface area contributed by atoms with Gasteiger partial charge in [0.25, 0.3) is 17.7 Å². The molecular formula is C29H28N2O4. The van der Waals surface area contributed by atoms with E-state index >= 15 is 0 Å². The molecule has 2 heterocycles. The van der Waals surface area contributed by atoms with Crippen LogP contribution in [-0.2, 0) is 4.79 Å². The molecule has 0 bridgehead atoms. The number of hydrogen-bond acceptors (Lipinski definition) is 4. The number of β-lactam (4-membered cyclic amide) rings is 1. The Morgan fingerprint density at radius 2 is 1.37 bits per heavy atom. The van der Waals surface area contributed by atoms with Crippen molar-refractivity contribution >= 4 is 23.4 Å². The van der Waals surface area contributed by atoms with E-state index in [1.165, 1.54) is 0 Å². The van der Waals surface area contributed by atoms with E-state index < -0.39 is 23.9 Å². The lowest BCUT2D eigenvalue weighted by Crippen LogP contribution is -2.67. The van der Waals surface area contributed by atoms with Gasteiger partial charge in [0, 0.05) is 5.69 Å². The van der Waals surface area contributed by atoms with Crippen LogP contribution in [0.3, 0.4) is 0 Å². The van der Waals surface area contributed by atoms with Gasteiger partial charge in [0.15, 0.2) is 0 Å². The van der Waals surface area contributed by atoms with Crippen LogP contribution in [0.2, 0.25) is 0 Å². The highest BCUT2D eigenvalue weighted by atomic mass is 16.5. The Labute approximate surface area is 205 Å². The van der Waals surface area contributed by atoms with Crippen molar-refractivity contribution in [2.24, 2.45) is 0 Å². The molecule has 178 valence electrons. The molecule has 2 aliphatic rings. The fourth-order valence-electron chi connectivity index (χ4n) is 4.99. The van der Waals surface area contributed by atoms with E-state index in [4.69, 9.17) is 4.74 Å². The molecule has 0 unspecified atom stereocenters. The molecule has 6 nitrogen and oxygen atoms in total. The lowest BCUT2D eigenvalue weighted by molar-refractivity contribution is -0.130. The molecule has 0 aromatic heterocycles. The molecule has 0 saturated carbocycles. The van der Waals surface area contributed by atoms with E-state index in [2.05, 4.69) is 6.92 Å². The van der Waals surface area contributed by atoms with Gasteiger partial charge in [0.2, 0.25) is 0 Å². The van der Waals surface area contributed by atoms with Gasteiger partial charge >= 0.3 is 0 Å².